The molecule has 1 saturated heterocycles. The van der Waals surface area contributed by atoms with Crippen molar-refractivity contribution in [2.24, 2.45) is 7.05 Å². The second-order valence-electron chi connectivity index (χ2n) is 7.03. The maximum Gasteiger partial charge on any atom is 0.330 e. The van der Waals surface area contributed by atoms with E-state index in [1.165, 1.54) is 0 Å². The number of nitrogens with one attached hydrogen (secondary N) is 1. The fraction of sp³-hybridized carbons (Fsp3) is 0.250. The lowest BCUT2D eigenvalue weighted by molar-refractivity contribution is 0.0788. The highest BCUT2D eigenvalue weighted by Gasteiger charge is 2.31. The van der Waals surface area contributed by atoms with Crippen molar-refractivity contribution in [2.75, 3.05) is 13.1 Å². The molecule has 4 aromatic rings. The van der Waals surface area contributed by atoms with Gasteiger partial charge in [0.25, 0.3) is 5.91 Å². The van der Waals surface area contributed by atoms with Crippen LogP contribution >= 0.6 is 0 Å². The third-order valence-corrected chi connectivity index (χ3v) is 5.47. The number of amides is 1. The van der Waals surface area contributed by atoms with Crippen LogP contribution < -0.4 is 5.69 Å². The summed E-state index contributed by atoms with van der Waals surface area (Å²) in [5.74, 6) is -0.00440. The summed E-state index contributed by atoms with van der Waals surface area (Å²) in [6.45, 7) is 1.14. The molecule has 1 N–H and O–H groups in total. The predicted molar refractivity (Wildman–Crippen MR) is 103 cm³/mol. The number of aromatic amines is 1. The van der Waals surface area contributed by atoms with Gasteiger partial charge in [-0.2, -0.15) is 0 Å². The van der Waals surface area contributed by atoms with E-state index in [4.69, 9.17) is 0 Å². The predicted octanol–water partition coefficient (Wildman–Crippen LogP) is 2.30. The van der Waals surface area contributed by atoms with E-state index in [-0.39, 0.29) is 17.6 Å². The van der Waals surface area contributed by atoms with E-state index in [0.717, 1.165) is 22.8 Å². The van der Waals surface area contributed by atoms with Gasteiger partial charge in [0.2, 0.25) is 0 Å². The Kier molecular flexibility index (Phi) is 3.43. The summed E-state index contributed by atoms with van der Waals surface area (Å²) in [4.78, 5) is 35.0. The molecule has 0 saturated carbocycles. The number of pyridine rings is 1. The van der Waals surface area contributed by atoms with Gasteiger partial charge in [-0.25, -0.2) is 9.78 Å². The first-order valence-corrected chi connectivity index (χ1v) is 9.02. The SMILES string of the molecule is Cn1c(=O)n([C@@H]2CCN(C(=O)c3ccc4cc[nH]c4c3)C2)c2ncccc21. The molecule has 0 unspecified atom stereocenters. The van der Waals surface area contributed by atoms with Crippen LogP contribution in [0.25, 0.3) is 22.1 Å². The summed E-state index contributed by atoms with van der Waals surface area (Å²) in [7, 11) is 1.76. The van der Waals surface area contributed by atoms with Crippen LogP contribution in [0, 0.1) is 0 Å². The van der Waals surface area contributed by atoms with Gasteiger partial charge in [0.05, 0.1) is 11.6 Å². The van der Waals surface area contributed by atoms with Crippen LogP contribution in [0.1, 0.15) is 22.8 Å². The van der Waals surface area contributed by atoms with Crippen molar-refractivity contribution in [1.29, 1.82) is 0 Å². The van der Waals surface area contributed by atoms with Crippen molar-refractivity contribution in [2.45, 2.75) is 12.5 Å². The standard InChI is InChI=1S/C20H19N5O2/c1-23-17-3-2-8-22-18(17)25(20(23)27)15-7-10-24(12-15)19(26)14-5-4-13-6-9-21-16(13)11-14/h2-6,8-9,11,15,21H,7,10,12H2,1H3/t15-/m1/s1. The highest BCUT2D eigenvalue weighted by Crippen LogP contribution is 2.25. The smallest absolute Gasteiger partial charge is 0.330 e. The van der Waals surface area contributed by atoms with Crippen LogP contribution in [0.5, 0.6) is 0 Å². The first kappa shape index (κ1) is 15.9. The van der Waals surface area contributed by atoms with Crippen molar-refractivity contribution in [1.82, 2.24) is 24.0 Å². The van der Waals surface area contributed by atoms with Crippen molar-refractivity contribution in [3.05, 3.63) is 64.8 Å². The lowest BCUT2D eigenvalue weighted by atomic mass is 10.1. The normalized spacial score (nSPS) is 17.2. The molecule has 0 aliphatic carbocycles. The maximum atomic E-state index is 12.9. The Hall–Kier alpha value is -3.35. The number of likely N-dealkylation sites (tertiary alicyclic amines) is 1. The number of imidazole rings is 1. The number of aryl methyl sites for hydroxylation is 1. The molecule has 1 aromatic carbocycles. The summed E-state index contributed by atoms with van der Waals surface area (Å²) in [6.07, 6.45) is 4.30. The Morgan fingerprint density at radius 2 is 2.15 bits per heavy atom. The number of H-pyrrole nitrogens is 1. The Morgan fingerprint density at radius 1 is 1.26 bits per heavy atom. The monoisotopic (exact) mass is 361 g/mol. The number of carbonyl (C=O) groups excluding carboxylic acids is 1. The van der Waals surface area contributed by atoms with Crippen LogP contribution in [-0.2, 0) is 7.05 Å². The number of aromatic nitrogens is 4. The molecule has 0 spiro atoms. The van der Waals surface area contributed by atoms with Gasteiger partial charge in [-0.15, -0.1) is 0 Å². The van der Waals surface area contributed by atoms with Gasteiger partial charge < -0.3 is 9.88 Å². The molecular formula is C20H19N5O2. The molecule has 4 heterocycles. The molecule has 27 heavy (non-hydrogen) atoms. The minimum absolute atomic E-state index is 0.00440. The number of fused-ring (bicyclic) bond motifs is 2. The third-order valence-electron chi connectivity index (χ3n) is 5.47. The average molecular weight is 361 g/mol. The molecule has 1 fully saturated rings. The number of nitrogens with zero attached hydrogens (tertiary/aromatic N) is 4. The van der Waals surface area contributed by atoms with Gasteiger partial charge in [-0.3, -0.25) is 13.9 Å². The van der Waals surface area contributed by atoms with Crippen LogP contribution in [0.2, 0.25) is 0 Å². The molecule has 0 bridgehead atoms. The van der Waals surface area contributed by atoms with E-state index < -0.39 is 0 Å². The Bertz CT molecular complexity index is 1230. The zero-order chi connectivity index (χ0) is 18.5. The molecule has 7 heteroatoms. The molecule has 1 aliphatic heterocycles. The number of carbonyl (C=O) groups is 1. The molecule has 5 rings (SSSR count). The van der Waals surface area contributed by atoms with E-state index in [0.29, 0.717) is 24.3 Å². The molecule has 3 aromatic heterocycles. The Morgan fingerprint density at radius 3 is 3.04 bits per heavy atom. The number of rotatable bonds is 2. The molecule has 1 amide bonds. The first-order chi connectivity index (χ1) is 13.1. The number of benzene rings is 1. The van der Waals surface area contributed by atoms with Crippen molar-refractivity contribution in [3.8, 4) is 0 Å². The quantitative estimate of drug-likeness (QED) is 0.595. The topological polar surface area (TPSA) is 75.9 Å². The van der Waals surface area contributed by atoms with Crippen molar-refractivity contribution >= 4 is 28.0 Å². The molecule has 0 radical (unpaired) electrons. The van der Waals surface area contributed by atoms with Gasteiger partial charge >= 0.3 is 5.69 Å². The number of hydrogen-bond donors (Lipinski definition) is 1. The minimum atomic E-state index is -0.0872. The minimum Gasteiger partial charge on any atom is -0.361 e. The van der Waals surface area contributed by atoms with Crippen LogP contribution in [-0.4, -0.2) is 43.0 Å². The molecule has 1 atom stereocenters. The lowest BCUT2D eigenvalue weighted by Crippen LogP contribution is -2.31. The summed E-state index contributed by atoms with van der Waals surface area (Å²) >= 11 is 0. The van der Waals surface area contributed by atoms with Crippen LogP contribution in [0.3, 0.4) is 0 Å². The largest absolute Gasteiger partial charge is 0.361 e. The molecule has 136 valence electrons. The first-order valence-electron chi connectivity index (χ1n) is 9.02. The zero-order valence-electron chi connectivity index (χ0n) is 14.9. The fourth-order valence-electron chi connectivity index (χ4n) is 4.02. The van der Waals surface area contributed by atoms with Gasteiger partial charge in [0.15, 0.2) is 5.65 Å². The van der Waals surface area contributed by atoms with Crippen molar-refractivity contribution in [3.63, 3.8) is 0 Å². The van der Waals surface area contributed by atoms with E-state index in [9.17, 15) is 9.59 Å². The van der Waals surface area contributed by atoms with Gasteiger partial charge in [0, 0.05) is 43.6 Å². The van der Waals surface area contributed by atoms with Gasteiger partial charge in [-0.1, -0.05) is 6.07 Å². The second kappa shape index (κ2) is 5.84. The van der Waals surface area contributed by atoms with Crippen LogP contribution in [0.4, 0.5) is 0 Å². The highest BCUT2D eigenvalue weighted by atomic mass is 16.2. The van der Waals surface area contributed by atoms with E-state index in [2.05, 4.69) is 9.97 Å². The van der Waals surface area contributed by atoms with E-state index in [1.807, 2.05) is 47.5 Å². The van der Waals surface area contributed by atoms with E-state index in [1.54, 1.807) is 22.4 Å². The zero-order valence-corrected chi connectivity index (χ0v) is 14.9. The molecule has 1 aliphatic rings. The number of hydrogen-bond acceptors (Lipinski definition) is 3. The Labute approximate surface area is 154 Å². The van der Waals surface area contributed by atoms with E-state index >= 15 is 0 Å². The summed E-state index contributed by atoms with van der Waals surface area (Å²) in [5, 5.41) is 1.08. The highest BCUT2D eigenvalue weighted by molar-refractivity contribution is 5.98. The lowest BCUT2D eigenvalue weighted by Gasteiger charge is -2.17. The second-order valence-corrected chi connectivity index (χ2v) is 7.03. The maximum absolute atomic E-state index is 12.9. The van der Waals surface area contributed by atoms with Crippen LogP contribution in [0.15, 0.2) is 53.6 Å². The summed E-state index contributed by atoms with van der Waals surface area (Å²) < 4.78 is 3.35. The molecular weight excluding hydrogens is 342 g/mol. The Balaban J connectivity index is 1.45. The van der Waals surface area contributed by atoms with Gasteiger partial charge in [-0.05, 0) is 42.1 Å². The molecule has 7 nitrogen and oxygen atoms in total. The summed E-state index contributed by atoms with van der Waals surface area (Å²) in [5.41, 5.74) is 3.01. The van der Waals surface area contributed by atoms with Crippen molar-refractivity contribution < 1.29 is 4.79 Å². The summed E-state index contributed by atoms with van der Waals surface area (Å²) in [6, 6.07) is 11.3. The average Bonchev–Trinajstić information content (AvgIpc) is 3.40. The fourth-order valence-corrected chi connectivity index (χ4v) is 4.02. The van der Waals surface area contributed by atoms with Gasteiger partial charge in [0.1, 0.15) is 0 Å². The third kappa shape index (κ3) is 2.38.